The smallest absolute Gasteiger partial charge is 0.195 e. The molecule has 2 aromatic rings. The molecule has 4 nitrogen and oxygen atoms in total. The lowest BCUT2D eigenvalue weighted by atomic mass is 10.1. The molecule has 0 radical (unpaired) electrons. The lowest BCUT2D eigenvalue weighted by Gasteiger charge is -2.08. The first-order valence-electron chi connectivity index (χ1n) is 5.62. The summed E-state index contributed by atoms with van der Waals surface area (Å²) in [5.74, 6) is 0.284. The predicted octanol–water partition coefficient (Wildman–Crippen LogP) is 2.12. The number of aliphatic hydroxyl groups is 1. The van der Waals surface area contributed by atoms with E-state index in [4.69, 9.17) is 17.3 Å². The number of aromatic amines is 1. The molecular weight excluding hydrogens is 253 g/mol. The van der Waals surface area contributed by atoms with Crippen LogP contribution >= 0.6 is 12.2 Å². The Morgan fingerprint density at radius 1 is 1.50 bits per heavy atom. The van der Waals surface area contributed by atoms with Gasteiger partial charge in [0.2, 0.25) is 0 Å². The second-order valence-corrected chi connectivity index (χ2v) is 4.46. The normalized spacial score (nSPS) is 10.8. The largest absolute Gasteiger partial charge is 0.388 e. The number of halogens is 1. The third-order valence-corrected chi connectivity index (χ3v) is 3.20. The van der Waals surface area contributed by atoms with Crippen LogP contribution in [0.2, 0.25) is 0 Å². The molecule has 6 heteroatoms. The maximum absolute atomic E-state index is 13.0. The molecule has 1 aromatic carbocycles. The molecule has 0 aliphatic carbocycles. The van der Waals surface area contributed by atoms with E-state index < -0.39 is 0 Å². The molecule has 2 N–H and O–H groups in total. The number of rotatable bonds is 4. The van der Waals surface area contributed by atoms with Crippen LogP contribution in [0.25, 0.3) is 0 Å². The van der Waals surface area contributed by atoms with Gasteiger partial charge in [0.25, 0.3) is 0 Å². The van der Waals surface area contributed by atoms with Gasteiger partial charge >= 0.3 is 0 Å². The third-order valence-electron chi connectivity index (χ3n) is 2.89. The standard InChI is InChI=1S/C12H14FN3OS/c1-8-6-10(13)3-2-9(8)4-5-16-11(7-17)14-15-12(16)18/h2-3,6,17H,4-5,7H2,1H3,(H,15,18). The molecule has 1 aromatic heterocycles. The van der Waals surface area contributed by atoms with E-state index in [0.29, 0.717) is 23.6 Å². The van der Waals surface area contributed by atoms with E-state index in [1.54, 1.807) is 10.6 Å². The van der Waals surface area contributed by atoms with Crippen LogP contribution in [0.5, 0.6) is 0 Å². The van der Waals surface area contributed by atoms with Gasteiger partial charge < -0.3 is 9.67 Å². The van der Waals surface area contributed by atoms with E-state index in [1.807, 2.05) is 6.92 Å². The number of hydrogen-bond donors (Lipinski definition) is 2. The highest BCUT2D eigenvalue weighted by atomic mass is 32.1. The summed E-state index contributed by atoms with van der Waals surface area (Å²) in [5, 5.41) is 15.7. The summed E-state index contributed by atoms with van der Waals surface area (Å²) < 4.78 is 15.2. The van der Waals surface area contributed by atoms with Gasteiger partial charge in [-0.2, -0.15) is 5.10 Å². The van der Waals surface area contributed by atoms with Crippen LogP contribution in [-0.2, 0) is 19.6 Å². The van der Waals surface area contributed by atoms with Gasteiger partial charge in [-0.1, -0.05) is 6.07 Å². The minimum atomic E-state index is -0.229. The number of aryl methyl sites for hydroxylation is 2. The fourth-order valence-corrected chi connectivity index (χ4v) is 2.12. The van der Waals surface area contributed by atoms with Crippen LogP contribution in [0, 0.1) is 17.5 Å². The van der Waals surface area contributed by atoms with Crippen molar-refractivity contribution in [3.63, 3.8) is 0 Å². The molecule has 0 aliphatic heterocycles. The van der Waals surface area contributed by atoms with Gasteiger partial charge in [0.1, 0.15) is 12.4 Å². The summed E-state index contributed by atoms with van der Waals surface area (Å²) in [6.45, 7) is 2.33. The van der Waals surface area contributed by atoms with Crippen LogP contribution in [0.15, 0.2) is 18.2 Å². The second-order valence-electron chi connectivity index (χ2n) is 4.08. The Bertz CT molecular complexity index is 606. The van der Waals surface area contributed by atoms with Gasteiger partial charge in [-0.3, -0.25) is 5.10 Å². The van der Waals surface area contributed by atoms with Crippen molar-refractivity contribution in [2.75, 3.05) is 0 Å². The Morgan fingerprint density at radius 2 is 2.28 bits per heavy atom. The van der Waals surface area contributed by atoms with E-state index in [2.05, 4.69) is 10.2 Å². The summed E-state index contributed by atoms with van der Waals surface area (Å²) in [4.78, 5) is 0. The van der Waals surface area contributed by atoms with E-state index in [-0.39, 0.29) is 12.4 Å². The molecule has 0 bridgehead atoms. The fraction of sp³-hybridized carbons (Fsp3) is 0.333. The van der Waals surface area contributed by atoms with Crippen molar-refractivity contribution in [3.8, 4) is 0 Å². The number of benzene rings is 1. The van der Waals surface area contributed by atoms with Crippen molar-refractivity contribution in [3.05, 3.63) is 45.7 Å². The zero-order chi connectivity index (χ0) is 13.1. The minimum absolute atomic E-state index is 0.157. The number of aromatic nitrogens is 3. The van der Waals surface area contributed by atoms with Gasteiger partial charge in [-0.15, -0.1) is 0 Å². The molecule has 0 spiro atoms. The van der Waals surface area contributed by atoms with Gasteiger partial charge in [0.05, 0.1) is 0 Å². The monoisotopic (exact) mass is 267 g/mol. The SMILES string of the molecule is Cc1cc(F)ccc1CCn1c(CO)n[nH]c1=S. The predicted molar refractivity (Wildman–Crippen MR) is 68.2 cm³/mol. The third kappa shape index (κ3) is 2.65. The number of H-pyrrole nitrogens is 1. The molecule has 2 rings (SSSR count). The maximum atomic E-state index is 13.0. The Hall–Kier alpha value is -1.53. The van der Waals surface area contributed by atoms with E-state index in [0.717, 1.165) is 11.1 Å². The second kappa shape index (κ2) is 5.41. The fourth-order valence-electron chi connectivity index (χ4n) is 1.87. The van der Waals surface area contributed by atoms with Crippen molar-refractivity contribution >= 4 is 12.2 Å². The molecule has 18 heavy (non-hydrogen) atoms. The van der Waals surface area contributed by atoms with E-state index in [9.17, 15) is 4.39 Å². The Morgan fingerprint density at radius 3 is 2.94 bits per heavy atom. The first kappa shape index (κ1) is 12.9. The van der Waals surface area contributed by atoms with Crippen LogP contribution < -0.4 is 0 Å². The molecule has 0 unspecified atom stereocenters. The van der Waals surface area contributed by atoms with Crippen molar-refractivity contribution < 1.29 is 9.50 Å². The average molecular weight is 267 g/mol. The summed E-state index contributed by atoms with van der Waals surface area (Å²) in [7, 11) is 0. The van der Waals surface area contributed by atoms with Gasteiger partial charge in [-0.05, 0) is 48.8 Å². The highest BCUT2D eigenvalue weighted by Crippen LogP contribution is 2.12. The minimum Gasteiger partial charge on any atom is -0.388 e. The molecule has 1 heterocycles. The highest BCUT2D eigenvalue weighted by molar-refractivity contribution is 7.71. The number of nitrogens with zero attached hydrogens (tertiary/aromatic N) is 2. The zero-order valence-corrected chi connectivity index (χ0v) is 10.8. The molecular formula is C12H14FN3OS. The van der Waals surface area contributed by atoms with Gasteiger partial charge in [0, 0.05) is 6.54 Å². The molecule has 0 atom stereocenters. The quantitative estimate of drug-likeness (QED) is 0.834. The Labute approximate surface area is 109 Å². The summed E-state index contributed by atoms with van der Waals surface area (Å²) in [5.41, 5.74) is 1.97. The highest BCUT2D eigenvalue weighted by Gasteiger charge is 2.06. The Kier molecular flexibility index (Phi) is 3.88. The lowest BCUT2D eigenvalue weighted by Crippen LogP contribution is -2.07. The van der Waals surface area contributed by atoms with Crippen LogP contribution in [0.1, 0.15) is 17.0 Å². The molecule has 0 saturated heterocycles. The zero-order valence-electron chi connectivity index (χ0n) is 9.98. The van der Waals surface area contributed by atoms with Crippen molar-refractivity contribution in [2.24, 2.45) is 0 Å². The first-order chi connectivity index (χ1) is 8.61. The van der Waals surface area contributed by atoms with Crippen molar-refractivity contribution in [1.82, 2.24) is 14.8 Å². The lowest BCUT2D eigenvalue weighted by molar-refractivity contribution is 0.264. The molecule has 0 saturated carbocycles. The molecule has 0 fully saturated rings. The van der Waals surface area contributed by atoms with Crippen LogP contribution in [0.4, 0.5) is 4.39 Å². The number of aliphatic hydroxyl groups excluding tert-OH is 1. The van der Waals surface area contributed by atoms with Crippen molar-refractivity contribution in [1.29, 1.82) is 0 Å². The summed E-state index contributed by atoms with van der Waals surface area (Å²) in [6, 6.07) is 4.73. The van der Waals surface area contributed by atoms with Gasteiger partial charge in [-0.25, -0.2) is 4.39 Å². The number of hydrogen-bond acceptors (Lipinski definition) is 3. The summed E-state index contributed by atoms with van der Waals surface area (Å²) in [6.07, 6.45) is 0.715. The topological polar surface area (TPSA) is 53.8 Å². The Balaban J connectivity index is 2.16. The van der Waals surface area contributed by atoms with E-state index >= 15 is 0 Å². The average Bonchev–Trinajstić information content (AvgIpc) is 2.69. The van der Waals surface area contributed by atoms with Crippen molar-refractivity contribution in [2.45, 2.75) is 26.5 Å². The van der Waals surface area contributed by atoms with E-state index in [1.165, 1.54) is 12.1 Å². The maximum Gasteiger partial charge on any atom is 0.195 e. The van der Waals surface area contributed by atoms with Gasteiger partial charge in [0.15, 0.2) is 10.6 Å². The molecule has 0 aliphatic rings. The molecule has 0 amide bonds. The van der Waals surface area contributed by atoms with Crippen LogP contribution in [-0.4, -0.2) is 19.9 Å². The van der Waals surface area contributed by atoms with Crippen LogP contribution in [0.3, 0.4) is 0 Å². The molecule has 96 valence electrons. The number of nitrogens with one attached hydrogen (secondary N) is 1. The summed E-state index contributed by atoms with van der Waals surface area (Å²) >= 11 is 5.08. The first-order valence-corrected chi connectivity index (χ1v) is 6.02.